The molecule has 104 valence electrons. The smallest absolute Gasteiger partial charge is 0.336 e. The summed E-state index contributed by atoms with van der Waals surface area (Å²) in [6.45, 7) is 4.25. The van der Waals surface area contributed by atoms with Gasteiger partial charge in [-0.05, 0) is 25.3 Å². The van der Waals surface area contributed by atoms with E-state index in [1.807, 2.05) is 17.5 Å². The second-order valence-electron chi connectivity index (χ2n) is 3.73. The maximum atomic E-state index is 12.4. The van der Waals surface area contributed by atoms with Gasteiger partial charge in [-0.3, -0.25) is 4.57 Å². The van der Waals surface area contributed by atoms with Crippen LogP contribution in [0, 0.1) is 0 Å². The van der Waals surface area contributed by atoms with Gasteiger partial charge in [-0.25, -0.2) is 4.98 Å². The van der Waals surface area contributed by atoms with Crippen LogP contribution in [0.15, 0.2) is 28.2 Å². The zero-order valence-electron chi connectivity index (χ0n) is 10.9. The van der Waals surface area contributed by atoms with Crippen LogP contribution in [0.1, 0.15) is 19.5 Å². The highest BCUT2D eigenvalue weighted by Gasteiger charge is 2.26. The number of rotatable bonds is 7. The van der Waals surface area contributed by atoms with Crippen LogP contribution in [0.3, 0.4) is 0 Å². The zero-order valence-corrected chi connectivity index (χ0v) is 12.6. The molecule has 2 aromatic heterocycles. The van der Waals surface area contributed by atoms with Crippen LogP contribution >= 0.6 is 18.9 Å². The van der Waals surface area contributed by atoms with Gasteiger partial charge in [0.05, 0.1) is 29.9 Å². The lowest BCUT2D eigenvalue weighted by molar-refractivity contribution is 0.219. The molecule has 2 rings (SSSR count). The van der Waals surface area contributed by atoms with Crippen LogP contribution in [-0.4, -0.2) is 18.2 Å². The molecule has 2 heterocycles. The largest absolute Gasteiger partial charge is 0.444 e. The first kappa shape index (κ1) is 14.5. The monoisotopic (exact) mass is 301 g/mol. The van der Waals surface area contributed by atoms with Crippen LogP contribution in [-0.2, 0) is 19.8 Å². The summed E-state index contributed by atoms with van der Waals surface area (Å²) in [6, 6.07) is 3.85. The van der Waals surface area contributed by atoms with Gasteiger partial charge in [-0.15, -0.1) is 11.3 Å². The Kier molecular flexibility index (Phi) is 4.93. The van der Waals surface area contributed by atoms with Crippen LogP contribution in [0.2, 0.25) is 0 Å². The van der Waals surface area contributed by atoms with Crippen LogP contribution < -0.4 is 0 Å². The highest BCUT2D eigenvalue weighted by Crippen LogP contribution is 2.51. The maximum Gasteiger partial charge on any atom is 0.336 e. The van der Waals surface area contributed by atoms with E-state index in [0.717, 1.165) is 4.88 Å². The summed E-state index contributed by atoms with van der Waals surface area (Å²) in [4.78, 5) is 5.25. The molecular weight excluding hydrogens is 285 g/mol. The number of hydrogen-bond donors (Lipinski definition) is 0. The van der Waals surface area contributed by atoms with Gasteiger partial charge in [0.25, 0.3) is 0 Å². The lowest BCUT2D eigenvalue weighted by Gasteiger charge is -2.15. The number of thiophene rings is 1. The normalized spacial score (nSPS) is 11.9. The van der Waals surface area contributed by atoms with E-state index in [1.165, 1.54) is 6.26 Å². The molecule has 0 unspecified atom stereocenters. The van der Waals surface area contributed by atoms with E-state index in [1.54, 1.807) is 25.2 Å². The van der Waals surface area contributed by atoms with Gasteiger partial charge in [-0.1, -0.05) is 6.07 Å². The fraction of sp³-hybridized carbons (Fsp3) is 0.417. The van der Waals surface area contributed by atoms with Crippen LogP contribution in [0.5, 0.6) is 0 Å². The second-order valence-corrected chi connectivity index (χ2v) is 6.73. The predicted octanol–water partition coefficient (Wildman–Crippen LogP) is 4.17. The van der Waals surface area contributed by atoms with E-state index in [9.17, 15) is 4.57 Å². The van der Waals surface area contributed by atoms with Gasteiger partial charge in [-0.2, -0.15) is 0 Å². The SMILES string of the molecule is CCOP(=O)(Cc1coc(-c2cccs2)n1)OCC. The average molecular weight is 301 g/mol. The first-order valence-electron chi connectivity index (χ1n) is 6.03. The first-order valence-corrected chi connectivity index (χ1v) is 8.64. The van der Waals surface area contributed by atoms with E-state index < -0.39 is 7.60 Å². The van der Waals surface area contributed by atoms with Crippen molar-refractivity contribution in [2.24, 2.45) is 0 Å². The van der Waals surface area contributed by atoms with Crippen molar-refractivity contribution in [1.29, 1.82) is 0 Å². The molecule has 0 aliphatic carbocycles. The van der Waals surface area contributed by atoms with Gasteiger partial charge in [0, 0.05) is 0 Å². The summed E-state index contributed by atoms with van der Waals surface area (Å²) >= 11 is 1.54. The molecule has 0 spiro atoms. The molecule has 0 bridgehead atoms. The van der Waals surface area contributed by atoms with Gasteiger partial charge in [0.1, 0.15) is 6.26 Å². The molecule has 0 aliphatic rings. The van der Waals surface area contributed by atoms with Crippen molar-refractivity contribution in [2.75, 3.05) is 13.2 Å². The average Bonchev–Trinajstić information content (AvgIpc) is 2.98. The Hall–Kier alpha value is -0.940. The zero-order chi connectivity index (χ0) is 13.7. The van der Waals surface area contributed by atoms with Crippen molar-refractivity contribution in [2.45, 2.75) is 20.0 Å². The standard InChI is InChI=1S/C12H16NO4PS/c1-3-16-18(14,17-4-2)9-10-8-15-12(13-10)11-6-5-7-19-11/h5-8H,3-4,9H2,1-2H3. The van der Waals surface area contributed by atoms with Crippen LogP contribution in [0.25, 0.3) is 10.8 Å². The number of aromatic nitrogens is 1. The molecule has 0 N–H and O–H groups in total. The van der Waals surface area contributed by atoms with Crippen molar-refractivity contribution in [3.63, 3.8) is 0 Å². The van der Waals surface area contributed by atoms with E-state index in [4.69, 9.17) is 13.5 Å². The van der Waals surface area contributed by atoms with E-state index in [2.05, 4.69) is 4.98 Å². The molecule has 2 aromatic rings. The Morgan fingerprint density at radius 1 is 1.37 bits per heavy atom. The molecule has 0 fully saturated rings. The van der Waals surface area contributed by atoms with Gasteiger partial charge < -0.3 is 13.5 Å². The molecule has 0 radical (unpaired) electrons. The van der Waals surface area contributed by atoms with Gasteiger partial charge >= 0.3 is 7.60 Å². The van der Waals surface area contributed by atoms with Crippen molar-refractivity contribution >= 4 is 18.9 Å². The fourth-order valence-corrected chi connectivity index (χ4v) is 3.85. The minimum Gasteiger partial charge on any atom is -0.444 e. The maximum absolute atomic E-state index is 12.4. The van der Waals surface area contributed by atoms with Gasteiger partial charge in [0.15, 0.2) is 0 Å². The first-order chi connectivity index (χ1) is 9.17. The van der Waals surface area contributed by atoms with Crippen molar-refractivity contribution in [1.82, 2.24) is 4.98 Å². The lowest BCUT2D eigenvalue weighted by Crippen LogP contribution is -1.99. The Labute approximate surface area is 116 Å². The minimum atomic E-state index is -3.12. The highest BCUT2D eigenvalue weighted by molar-refractivity contribution is 7.53. The summed E-state index contributed by atoms with van der Waals surface area (Å²) in [5.74, 6) is 0.532. The third-order valence-corrected chi connectivity index (χ3v) is 5.16. The predicted molar refractivity (Wildman–Crippen MR) is 74.4 cm³/mol. The summed E-state index contributed by atoms with van der Waals surface area (Å²) in [6.07, 6.45) is 1.63. The molecule has 7 heteroatoms. The van der Waals surface area contributed by atoms with E-state index >= 15 is 0 Å². The fourth-order valence-electron chi connectivity index (χ4n) is 1.61. The summed E-state index contributed by atoms with van der Waals surface area (Å²) in [5, 5.41) is 1.95. The molecule has 5 nitrogen and oxygen atoms in total. The second kappa shape index (κ2) is 6.48. The van der Waals surface area contributed by atoms with E-state index in [0.29, 0.717) is 24.8 Å². The lowest BCUT2D eigenvalue weighted by atomic mass is 10.5. The summed E-state index contributed by atoms with van der Waals surface area (Å²) in [7, 11) is -3.12. The Bertz CT molecular complexity index is 542. The highest BCUT2D eigenvalue weighted by atomic mass is 32.1. The number of nitrogens with zero attached hydrogens (tertiary/aromatic N) is 1. The van der Waals surface area contributed by atoms with Gasteiger partial charge in [0.2, 0.25) is 5.89 Å². The Morgan fingerprint density at radius 2 is 2.11 bits per heavy atom. The molecule has 0 amide bonds. The number of oxazole rings is 1. The summed E-state index contributed by atoms with van der Waals surface area (Å²) in [5.41, 5.74) is 0.577. The van der Waals surface area contributed by atoms with Crippen molar-refractivity contribution < 1.29 is 18.0 Å². The molecule has 19 heavy (non-hydrogen) atoms. The molecule has 0 saturated heterocycles. The topological polar surface area (TPSA) is 61.6 Å². The van der Waals surface area contributed by atoms with Crippen molar-refractivity contribution in [3.05, 3.63) is 29.5 Å². The van der Waals surface area contributed by atoms with Crippen molar-refractivity contribution in [3.8, 4) is 10.8 Å². The quantitative estimate of drug-likeness (QED) is 0.718. The molecule has 0 saturated carbocycles. The molecule has 0 aliphatic heterocycles. The summed E-state index contributed by atoms with van der Waals surface area (Å²) < 4.78 is 28.2. The minimum absolute atomic E-state index is 0.129. The molecular formula is C12H16NO4PS. The van der Waals surface area contributed by atoms with E-state index in [-0.39, 0.29) is 6.16 Å². The Morgan fingerprint density at radius 3 is 2.68 bits per heavy atom. The Balaban J connectivity index is 2.12. The van der Waals surface area contributed by atoms with Crippen LogP contribution in [0.4, 0.5) is 0 Å². The number of hydrogen-bond acceptors (Lipinski definition) is 6. The third-order valence-electron chi connectivity index (χ3n) is 2.29. The molecule has 0 aromatic carbocycles. The molecule has 0 atom stereocenters. The third kappa shape index (κ3) is 3.76.